The number of rotatable bonds is 4. The lowest BCUT2D eigenvalue weighted by atomic mass is 10.2. The van der Waals surface area contributed by atoms with Crippen LogP contribution in [0.2, 0.25) is 0 Å². The van der Waals surface area contributed by atoms with E-state index < -0.39 is 38.3 Å². The van der Waals surface area contributed by atoms with Gasteiger partial charge >= 0.3 is 0 Å². The lowest BCUT2D eigenvalue weighted by molar-refractivity contribution is 0.102. The van der Waals surface area contributed by atoms with E-state index >= 15 is 0 Å². The van der Waals surface area contributed by atoms with Crippen LogP contribution in [0.4, 0.5) is 18.9 Å². The van der Waals surface area contributed by atoms with Crippen molar-refractivity contribution in [3.05, 3.63) is 59.4 Å². The Hall–Kier alpha value is -2.39. The number of anilines is 1. The highest BCUT2D eigenvalue weighted by Gasteiger charge is 2.29. The number of benzene rings is 2. The molecule has 3 rings (SSSR count). The van der Waals surface area contributed by atoms with E-state index in [1.165, 1.54) is 4.31 Å². The SMILES string of the molecule is O=C(Nc1ccc(F)c(F)c1)c1ccc(F)c(S(=O)(=O)N2CCCCCC2)c1. The molecule has 0 aromatic heterocycles. The number of amides is 1. The maximum absolute atomic E-state index is 14.3. The Morgan fingerprint density at radius 2 is 1.50 bits per heavy atom. The summed E-state index contributed by atoms with van der Waals surface area (Å²) in [5.74, 6) is -3.92. The van der Waals surface area contributed by atoms with Crippen LogP contribution in [0.1, 0.15) is 36.0 Å². The summed E-state index contributed by atoms with van der Waals surface area (Å²) in [6, 6.07) is 5.81. The third-order valence-electron chi connectivity index (χ3n) is 4.55. The predicted molar refractivity (Wildman–Crippen MR) is 97.9 cm³/mol. The monoisotopic (exact) mass is 412 g/mol. The first-order chi connectivity index (χ1) is 13.3. The average molecular weight is 412 g/mol. The topological polar surface area (TPSA) is 66.5 Å². The lowest BCUT2D eigenvalue weighted by Gasteiger charge is -2.20. The molecule has 0 spiro atoms. The second-order valence-corrected chi connectivity index (χ2v) is 8.45. The van der Waals surface area contributed by atoms with Gasteiger partial charge < -0.3 is 5.32 Å². The first kappa shape index (κ1) is 20.3. The minimum absolute atomic E-state index is 0.00912. The molecule has 0 saturated carbocycles. The first-order valence-corrected chi connectivity index (χ1v) is 10.3. The number of hydrogen-bond acceptors (Lipinski definition) is 3. The molecule has 150 valence electrons. The summed E-state index contributed by atoms with van der Waals surface area (Å²) >= 11 is 0. The fourth-order valence-electron chi connectivity index (χ4n) is 3.04. The van der Waals surface area contributed by atoms with Gasteiger partial charge in [-0.25, -0.2) is 21.6 Å². The average Bonchev–Trinajstić information content (AvgIpc) is 2.95. The van der Waals surface area contributed by atoms with E-state index in [-0.39, 0.29) is 11.3 Å². The maximum Gasteiger partial charge on any atom is 0.255 e. The van der Waals surface area contributed by atoms with Gasteiger partial charge in [0.25, 0.3) is 5.91 Å². The van der Waals surface area contributed by atoms with E-state index in [0.29, 0.717) is 25.9 Å². The molecule has 1 N–H and O–H groups in total. The van der Waals surface area contributed by atoms with E-state index in [4.69, 9.17) is 0 Å². The summed E-state index contributed by atoms with van der Waals surface area (Å²) in [5.41, 5.74) is -0.121. The Morgan fingerprint density at radius 1 is 0.857 bits per heavy atom. The van der Waals surface area contributed by atoms with E-state index in [2.05, 4.69) is 5.32 Å². The van der Waals surface area contributed by atoms with Crippen LogP contribution in [-0.4, -0.2) is 31.7 Å². The van der Waals surface area contributed by atoms with Crippen molar-refractivity contribution in [3.63, 3.8) is 0 Å². The van der Waals surface area contributed by atoms with Crippen LogP contribution in [0.3, 0.4) is 0 Å². The van der Waals surface area contributed by atoms with Gasteiger partial charge in [0.2, 0.25) is 10.0 Å². The molecule has 5 nitrogen and oxygen atoms in total. The summed E-state index contributed by atoms with van der Waals surface area (Å²) in [6.45, 7) is 0.597. The van der Waals surface area contributed by atoms with E-state index in [1.807, 2.05) is 0 Å². The molecule has 1 fully saturated rings. The smallest absolute Gasteiger partial charge is 0.255 e. The van der Waals surface area contributed by atoms with E-state index in [9.17, 15) is 26.4 Å². The lowest BCUT2D eigenvalue weighted by Crippen LogP contribution is -2.32. The van der Waals surface area contributed by atoms with Crippen LogP contribution in [0.5, 0.6) is 0 Å². The molecule has 1 amide bonds. The molecule has 0 aliphatic carbocycles. The zero-order valence-corrected chi connectivity index (χ0v) is 15.7. The second kappa shape index (κ2) is 8.32. The molecular formula is C19H19F3N2O3S. The molecule has 0 atom stereocenters. The highest BCUT2D eigenvalue weighted by Crippen LogP contribution is 2.24. The van der Waals surface area contributed by atoms with Crippen LogP contribution in [-0.2, 0) is 10.0 Å². The van der Waals surface area contributed by atoms with Gasteiger partial charge in [0.15, 0.2) is 11.6 Å². The first-order valence-electron chi connectivity index (χ1n) is 8.85. The highest BCUT2D eigenvalue weighted by atomic mass is 32.2. The number of halogens is 3. The Labute approximate surface area is 161 Å². The molecule has 2 aromatic carbocycles. The zero-order chi connectivity index (χ0) is 20.3. The van der Waals surface area contributed by atoms with Gasteiger partial charge in [0, 0.05) is 30.4 Å². The number of carbonyl (C=O) groups excluding carboxylic acids is 1. The van der Waals surface area contributed by atoms with Gasteiger partial charge in [0.1, 0.15) is 10.7 Å². The quantitative estimate of drug-likeness (QED) is 0.828. The molecule has 1 aliphatic rings. The van der Waals surface area contributed by atoms with Crippen LogP contribution in [0.15, 0.2) is 41.3 Å². The van der Waals surface area contributed by atoms with Crippen molar-refractivity contribution in [2.45, 2.75) is 30.6 Å². The van der Waals surface area contributed by atoms with Crippen LogP contribution >= 0.6 is 0 Å². The van der Waals surface area contributed by atoms with Crippen molar-refractivity contribution in [3.8, 4) is 0 Å². The Kier molecular flexibility index (Phi) is 6.04. The van der Waals surface area contributed by atoms with Crippen molar-refractivity contribution in [2.75, 3.05) is 18.4 Å². The third kappa shape index (κ3) is 4.36. The largest absolute Gasteiger partial charge is 0.322 e. The van der Waals surface area contributed by atoms with Gasteiger partial charge in [0.05, 0.1) is 0 Å². The standard InChI is InChI=1S/C19H19F3N2O3S/c20-15-8-6-14(12-17(15)22)23-19(25)13-5-7-16(21)18(11-13)28(26,27)24-9-3-1-2-4-10-24/h5-8,11-12H,1-4,9-10H2,(H,23,25). The fraction of sp³-hybridized carbons (Fsp3) is 0.316. The third-order valence-corrected chi connectivity index (χ3v) is 6.47. The molecular weight excluding hydrogens is 393 g/mol. The fourth-order valence-corrected chi connectivity index (χ4v) is 4.65. The van der Waals surface area contributed by atoms with Crippen molar-refractivity contribution in [1.29, 1.82) is 0 Å². The summed E-state index contributed by atoms with van der Waals surface area (Å²) < 4.78 is 67.5. The molecule has 2 aromatic rings. The number of nitrogens with zero attached hydrogens (tertiary/aromatic N) is 1. The molecule has 0 unspecified atom stereocenters. The van der Waals surface area contributed by atoms with Crippen molar-refractivity contribution >= 4 is 21.6 Å². The zero-order valence-electron chi connectivity index (χ0n) is 14.9. The molecule has 1 heterocycles. The number of nitrogens with one attached hydrogen (secondary N) is 1. The summed E-state index contributed by atoms with van der Waals surface area (Å²) in [7, 11) is -4.09. The molecule has 28 heavy (non-hydrogen) atoms. The predicted octanol–water partition coefficient (Wildman–Crippen LogP) is 3.92. The number of carbonyl (C=O) groups is 1. The molecule has 1 aliphatic heterocycles. The Morgan fingerprint density at radius 3 is 2.14 bits per heavy atom. The Bertz CT molecular complexity index is 988. The maximum atomic E-state index is 14.3. The van der Waals surface area contributed by atoms with E-state index in [1.54, 1.807) is 0 Å². The summed E-state index contributed by atoms with van der Waals surface area (Å²) in [4.78, 5) is 11.8. The van der Waals surface area contributed by atoms with Gasteiger partial charge in [-0.15, -0.1) is 0 Å². The molecule has 0 radical (unpaired) electrons. The van der Waals surface area contributed by atoms with Gasteiger partial charge in [-0.3, -0.25) is 4.79 Å². The number of sulfonamides is 1. The Balaban J connectivity index is 1.87. The minimum Gasteiger partial charge on any atom is -0.322 e. The van der Waals surface area contributed by atoms with Gasteiger partial charge in [-0.1, -0.05) is 12.8 Å². The molecule has 9 heteroatoms. The highest BCUT2D eigenvalue weighted by molar-refractivity contribution is 7.89. The number of hydrogen-bond donors (Lipinski definition) is 1. The van der Waals surface area contributed by atoms with Gasteiger partial charge in [-0.05, 0) is 43.2 Å². The minimum atomic E-state index is -4.09. The second-order valence-electron chi connectivity index (χ2n) is 6.55. The van der Waals surface area contributed by atoms with E-state index in [0.717, 1.165) is 49.2 Å². The van der Waals surface area contributed by atoms with Crippen LogP contribution < -0.4 is 5.32 Å². The van der Waals surface area contributed by atoms with Crippen molar-refractivity contribution < 1.29 is 26.4 Å². The molecule has 0 bridgehead atoms. The normalized spacial score (nSPS) is 15.8. The van der Waals surface area contributed by atoms with Crippen LogP contribution in [0.25, 0.3) is 0 Å². The summed E-state index contributed by atoms with van der Waals surface area (Å²) in [5, 5.41) is 2.34. The van der Waals surface area contributed by atoms with Crippen molar-refractivity contribution in [1.82, 2.24) is 4.31 Å². The van der Waals surface area contributed by atoms with Crippen molar-refractivity contribution in [2.24, 2.45) is 0 Å². The van der Waals surface area contributed by atoms with Crippen LogP contribution in [0, 0.1) is 17.5 Å². The van der Waals surface area contributed by atoms with Gasteiger partial charge in [-0.2, -0.15) is 4.31 Å². The summed E-state index contributed by atoms with van der Waals surface area (Å²) in [6.07, 6.45) is 3.20. The molecule has 1 saturated heterocycles.